The minimum Gasteiger partial charge on any atom is -0.454 e. The zero-order valence-corrected chi connectivity index (χ0v) is 23.5. The van der Waals surface area contributed by atoms with E-state index >= 15 is 0 Å². The van der Waals surface area contributed by atoms with E-state index in [-0.39, 0.29) is 22.9 Å². The van der Waals surface area contributed by atoms with Crippen LogP contribution < -0.4 is 10.0 Å². The van der Waals surface area contributed by atoms with E-state index < -0.39 is 61.2 Å². The number of hydrogen-bond acceptors (Lipinski definition) is 7. The molecule has 216 valence electrons. The van der Waals surface area contributed by atoms with Gasteiger partial charge in [-0.2, -0.15) is 17.9 Å². The summed E-state index contributed by atoms with van der Waals surface area (Å²) in [5.74, 6) is -2.18. The second-order valence-corrected chi connectivity index (χ2v) is 13.1. The molecule has 0 aliphatic rings. The van der Waals surface area contributed by atoms with Gasteiger partial charge in [-0.3, -0.25) is 9.59 Å². The predicted molar refractivity (Wildman–Crippen MR) is 137 cm³/mol. The molecule has 0 bridgehead atoms. The number of halogens is 3. The highest BCUT2D eigenvalue weighted by atomic mass is 32.2. The number of benzene rings is 2. The fourth-order valence-electron chi connectivity index (χ4n) is 3.35. The van der Waals surface area contributed by atoms with Gasteiger partial charge >= 0.3 is 12.1 Å². The third kappa shape index (κ3) is 8.74. The highest BCUT2D eigenvalue weighted by Gasteiger charge is 2.33. The second-order valence-electron chi connectivity index (χ2n) is 9.25. The predicted octanol–water partition coefficient (Wildman–Crippen LogP) is 3.14. The average molecular weight is 594 g/mol. The van der Waals surface area contributed by atoms with Gasteiger partial charge in [-0.25, -0.2) is 21.1 Å². The molecule has 0 fully saturated rings. The number of carbonyl (C=O) groups excluding carboxylic acids is 2. The quantitative estimate of drug-likeness (QED) is 0.382. The van der Waals surface area contributed by atoms with Gasteiger partial charge in [0, 0.05) is 19.8 Å². The number of nitrogens with zero attached hydrogens (tertiary/aromatic N) is 1. The van der Waals surface area contributed by atoms with Crippen LogP contribution in [0.2, 0.25) is 0 Å². The molecule has 0 aliphatic carbocycles. The molecule has 0 aromatic heterocycles. The molecule has 1 unspecified atom stereocenters. The van der Waals surface area contributed by atoms with Crippen LogP contribution in [0.1, 0.15) is 31.4 Å². The van der Waals surface area contributed by atoms with Crippen LogP contribution in [0.4, 0.5) is 18.9 Å². The minimum atomic E-state index is -4.77. The van der Waals surface area contributed by atoms with Crippen LogP contribution in [0.3, 0.4) is 0 Å². The summed E-state index contributed by atoms with van der Waals surface area (Å²) < 4.78 is 97.6. The molecule has 2 rings (SSSR count). The second kappa shape index (κ2) is 12.4. The first-order chi connectivity index (χ1) is 17.8. The molecular weight excluding hydrogens is 563 g/mol. The Balaban J connectivity index is 2.15. The van der Waals surface area contributed by atoms with E-state index in [0.717, 1.165) is 16.4 Å². The molecule has 2 aromatic rings. The van der Waals surface area contributed by atoms with Crippen LogP contribution >= 0.6 is 0 Å². The van der Waals surface area contributed by atoms with Crippen molar-refractivity contribution in [2.75, 3.05) is 26.0 Å². The van der Waals surface area contributed by atoms with E-state index in [0.29, 0.717) is 17.7 Å². The van der Waals surface area contributed by atoms with Gasteiger partial charge in [0.15, 0.2) is 6.61 Å². The summed E-state index contributed by atoms with van der Waals surface area (Å²) in [6.45, 7) is 4.12. The van der Waals surface area contributed by atoms with Crippen molar-refractivity contribution in [3.05, 3.63) is 53.6 Å². The summed E-state index contributed by atoms with van der Waals surface area (Å²) in [5.41, 5.74) is -0.619. The van der Waals surface area contributed by atoms with Gasteiger partial charge in [0.25, 0.3) is 5.91 Å². The smallest absolute Gasteiger partial charge is 0.416 e. The lowest BCUT2D eigenvalue weighted by atomic mass is 10.1. The van der Waals surface area contributed by atoms with Crippen molar-refractivity contribution in [2.45, 2.75) is 49.2 Å². The fourth-order valence-corrected chi connectivity index (χ4v) is 5.73. The first-order valence-electron chi connectivity index (χ1n) is 11.5. The number of hydrogen-bond donors (Lipinski definition) is 2. The van der Waals surface area contributed by atoms with Gasteiger partial charge < -0.3 is 10.1 Å². The monoisotopic (exact) mass is 593 g/mol. The van der Waals surface area contributed by atoms with Gasteiger partial charge in [0.1, 0.15) is 6.04 Å². The third-order valence-corrected chi connectivity index (χ3v) is 8.76. The Bertz CT molecular complexity index is 1420. The topological polar surface area (TPSA) is 139 Å². The molecule has 0 spiro atoms. The number of amides is 1. The standard InChI is InChI=1S/C24H30F3N3O7S2/c1-15(2)11-20(29-38(33,34)19-8-6-7-17(12-19)24(25,26)27)23(32)37-14-22(31)28-18-10-9-16(3)21(13-18)39(35,36)30(4)5/h6-10,12-13,15,20,29H,11,14H2,1-5H3,(H,28,31). The molecule has 39 heavy (non-hydrogen) atoms. The molecule has 1 atom stereocenters. The summed E-state index contributed by atoms with van der Waals surface area (Å²) >= 11 is 0. The van der Waals surface area contributed by atoms with Gasteiger partial charge in [0.2, 0.25) is 20.0 Å². The Kier molecular flexibility index (Phi) is 10.3. The van der Waals surface area contributed by atoms with Crippen molar-refractivity contribution < 1.29 is 44.3 Å². The van der Waals surface area contributed by atoms with Crippen molar-refractivity contribution in [2.24, 2.45) is 5.92 Å². The number of ether oxygens (including phenoxy) is 1. The largest absolute Gasteiger partial charge is 0.454 e. The minimum absolute atomic E-state index is 0.0386. The first kappa shape index (κ1) is 32.2. The average Bonchev–Trinajstić information content (AvgIpc) is 2.82. The van der Waals surface area contributed by atoms with Gasteiger partial charge in [-0.05, 0) is 55.2 Å². The van der Waals surface area contributed by atoms with Crippen LogP contribution in [0, 0.1) is 12.8 Å². The lowest BCUT2D eigenvalue weighted by Gasteiger charge is -2.20. The van der Waals surface area contributed by atoms with E-state index in [1.165, 1.54) is 32.3 Å². The van der Waals surface area contributed by atoms with Crippen molar-refractivity contribution in [3.63, 3.8) is 0 Å². The first-order valence-corrected chi connectivity index (χ1v) is 14.5. The molecule has 0 radical (unpaired) electrons. The number of rotatable bonds is 11. The molecule has 0 saturated heterocycles. The normalized spacial score (nSPS) is 13.4. The maximum absolute atomic E-state index is 13.0. The van der Waals surface area contributed by atoms with E-state index in [1.807, 2.05) is 0 Å². The number of carbonyl (C=O) groups is 2. The van der Waals surface area contributed by atoms with Gasteiger partial charge in [0.05, 0.1) is 15.4 Å². The van der Waals surface area contributed by atoms with E-state index in [9.17, 15) is 39.6 Å². The number of sulfonamides is 2. The molecule has 2 N–H and O–H groups in total. The summed E-state index contributed by atoms with van der Waals surface area (Å²) in [6, 6.07) is 5.73. The number of nitrogens with one attached hydrogen (secondary N) is 2. The maximum atomic E-state index is 13.0. The molecule has 0 aliphatic heterocycles. The van der Waals surface area contributed by atoms with E-state index in [4.69, 9.17) is 4.74 Å². The van der Waals surface area contributed by atoms with Crippen molar-refractivity contribution in [1.82, 2.24) is 9.03 Å². The van der Waals surface area contributed by atoms with E-state index in [1.54, 1.807) is 20.8 Å². The summed E-state index contributed by atoms with van der Waals surface area (Å²) in [5, 5.41) is 2.41. The Labute approximate surface area is 225 Å². The molecule has 0 saturated carbocycles. The fraction of sp³-hybridized carbons (Fsp3) is 0.417. The summed E-state index contributed by atoms with van der Waals surface area (Å²) in [7, 11) is -5.65. The molecule has 15 heteroatoms. The van der Waals surface area contributed by atoms with Crippen molar-refractivity contribution in [1.29, 1.82) is 0 Å². The summed E-state index contributed by atoms with van der Waals surface area (Å²) in [6.07, 6.45) is -4.84. The zero-order chi connectivity index (χ0) is 29.8. The molecule has 2 aromatic carbocycles. The van der Waals surface area contributed by atoms with Crippen LogP contribution in [-0.4, -0.2) is 59.8 Å². The van der Waals surface area contributed by atoms with Crippen LogP contribution in [-0.2, 0) is 40.5 Å². The SMILES string of the molecule is Cc1ccc(NC(=O)COC(=O)C(CC(C)C)NS(=O)(=O)c2cccc(C(F)(F)F)c2)cc1S(=O)(=O)N(C)C. The van der Waals surface area contributed by atoms with E-state index in [2.05, 4.69) is 10.0 Å². The number of esters is 1. The Morgan fingerprint density at radius 3 is 2.23 bits per heavy atom. The third-order valence-electron chi connectivity index (χ3n) is 5.34. The van der Waals surface area contributed by atoms with Crippen LogP contribution in [0.15, 0.2) is 52.3 Å². The number of alkyl halides is 3. The Hall–Kier alpha value is -3.01. The lowest BCUT2D eigenvalue weighted by Crippen LogP contribution is -2.43. The highest BCUT2D eigenvalue weighted by Crippen LogP contribution is 2.30. The van der Waals surface area contributed by atoms with Crippen molar-refractivity contribution >= 4 is 37.6 Å². The summed E-state index contributed by atoms with van der Waals surface area (Å²) in [4.78, 5) is 24.3. The number of anilines is 1. The van der Waals surface area contributed by atoms with Crippen LogP contribution in [0.5, 0.6) is 0 Å². The molecular formula is C24H30F3N3O7S2. The molecule has 1 amide bonds. The van der Waals surface area contributed by atoms with Gasteiger partial charge in [-0.15, -0.1) is 0 Å². The lowest BCUT2D eigenvalue weighted by molar-refractivity contribution is -0.149. The van der Waals surface area contributed by atoms with Crippen LogP contribution in [0.25, 0.3) is 0 Å². The number of aryl methyl sites for hydroxylation is 1. The van der Waals surface area contributed by atoms with Crippen molar-refractivity contribution in [3.8, 4) is 0 Å². The molecule has 10 nitrogen and oxygen atoms in total. The Morgan fingerprint density at radius 1 is 1.03 bits per heavy atom. The zero-order valence-electron chi connectivity index (χ0n) is 21.9. The van der Waals surface area contributed by atoms with Gasteiger partial charge in [-0.1, -0.05) is 26.0 Å². The molecule has 0 heterocycles. The highest BCUT2D eigenvalue weighted by molar-refractivity contribution is 7.89. The maximum Gasteiger partial charge on any atom is 0.416 e. The Morgan fingerprint density at radius 2 is 1.67 bits per heavy atom.